The molecule has 0 radical (unpaired) electrons. The van der Waals surface area contributed by atoms with Crippen LogP contribution in [-0.4, -0.2) is 3.21 Å². The molecule has 0 saturated carbocycles. The first-order valence-corrected chi connectivity index (χ1v) is 18.4. The van der Waals surface area contributed by atoms with Crippen LogP contribution in [0.25, 0.3) is 11.1 Å². The van der Waals surface area contributed by atoms with Gasteiger partial charge in [0.15, 0.2) is 0 Å². The van der Waals surface area contributed by atoms with Crippen molar-refractivity contribution < 1.29 is 46.1 Å². The molecule has 3 aromatic carbocycles. The molecule has 3 heteroatoms. The summed E-state index contributed by atoms with van der Waals surface area (Å²) in [6.45, 7) is 26.1. The molecule has 2 aliphatic carbocycles. The summed E-state index contributed by atoms with van der Waals surface area (Å²) in [5, 5.41) is 0. The summed E-state index contributed by atoms with van der Waals surface area (Å²) in [5.41, 5.74) is 15.2. The van der Waals surface area contributed by atoms with Gasteiger partial charge in [-0.1, -0.05) is 0 Å². The van der Waals surface area contributed by atoms with Crippen molar-refractivity contribution in [2.45, 2.75) is 93.4 Å². The Bertz CT molecular complexity index is 1570. The third-order valence-electron chi connectivity index (χ3n) is 9.08. The molecule has 5 rings (SSSR count). The first kappa shape index (κ1) is 34.0. The molecule has 41 heavy (non-hydrogen) atoms. The number of fused-ring (bicyclic) bond motifs is 3. The molecular formula is C38H46Cl2Zr. The monoisotopic (exact) mass is 662 g/mol. The van der Waals surface area contributed by atoms with Gasteiger partial charge >= 0.3 is 247 Å². The minimum absolute atomic E-state index is 0. The van der Waals surface area contributed by atoms with Gasteiger partial charge in [-0.05, 0) is 0 Å². The van der Waals surface area contributed by atoms with Gasteiger partial charge in [-0.3, -0.25) is 0 Å². The molecule has 0 amide bonds. The van der Waals surface area contributed by atoms with Crippen LogP contribution in [0.4, 0.5) is 0 Å². The van der Waals surface area contributed by atoms with Crippen LogP contribution in [0.3, 0.4) is 0 Å². The molecule has 0 nitrogen and oxygen atoms in total. The van der Waals surface area contributed by atoms with Gasteiger partial charge in [0.2, 0.25) is 0 Å². The second-order valence-electron chi connectivity index (χ2n) is 14.1. The summed E-state index contributed by atoms with van der Waals surface area (Å²) in [7, 11) is 0. The molecule has 0 N–H and O–H groups in total. The van der Waals surface area contributed by atoms with E-state index in [-0.39, 0.29) is 35.6 Å². The van der Waals surface area contributed by atoms with E-state index in [0.717, 1.165) is 6.42 Å². The molecule has 0 aliphatic heterocycles. The number of hydrogen-bond donors (Lipinski definition) is 0. The molecule has 0 bridgehead atoms. The van der Waals surface area contributed by atoms with Crippen LogP contribution in [0.15, 0.2) is 75.1 Å². The smallest absolute Gasteiger partial charge is 1.00 e. The Morgan fingerprint density at radius 3 is 1.93 bits per heavy atom. The molecule has 0 heterocycles. The van der Waals surface area contributed by atoms with E-state index in [9.17, 15) is 0 Å². The van der Waals surface area contributed by atoms with Crippen molar-refractivity contribution in [1.29, 1.82) is 0 Å². The van der Waals surface area contributed by atoms with Crippen LogP contribution in [0.1, 0.15) is 103 Å². The third-order valence-corrected chi connectivity index (χ3v) is 17.6. The number of benzene rings is 3. The molecule has 0 fully saturated rings. The van der Waals surface area contributed by atoms with Crippen molar-refractivity contribution >= 4 is 6.48 Å². The predicted octanol–water partition coefficient (Wildman–Crippen LogP) is 3.52. The normalized spacial score (nSPS) is 16.4. The van der Waals surface area contributed by atoms with Crippen LogP contribution >= 0.6 is 0 Å². The number of hydrogen-bond acceptors (Lipinski definition) is 0. The molecule has 0 spiro atoms. The van der Waals surface area contributed by atoms with Gasteiger partial charge in [0.1, 0.15) is 0 Å². The molecule has 1 unspecified atom stereocenters. The Morgan fingerprint density at radius 2 is 1.39 bits per heavy atom. The molecule has 0 saturated heterocycles. The van der Waals surface area contributed by atoms with Gasteiger partial charge in [0, 0.05) is 0 Å². The first-order valence-electron chi connectivity index (χ1n) is 14.7. The zero-order valence-corrected chi connectivity index (χ0v) is 30.8. The fourth-order valence-corrected chi connectivity index (χ4v) is 16.2. The van der Waals surface area contributed by atoms with Crippen LogP contribution in [0, 0.1) is 12.8 Å². The second-order valence-corrected chi connectivity index (χ2v) is 20.3. The Balaban J connectivity index is 0.00000231. The number of rotatable bonds is 3. The van der Waals surface area contributed by atoms with Gasteiger partial charge < -0.3 is 24.8 Å². The maximum Gasteiger partial charge on any atom is -1.00 e. The van der Waals surface area contributed by atoms with Crippen molar-refractivity contribution in [3.8, 4) is 11.1 Å². The number of allylic oxidation sites excluding steroid dienone is 4. The van der Waals surface area contributed by atoms with Gasteiger partial charge in [-0.15, -0.1) is 0 Å². The average Bonchev–Trinajstić information content (AvgIpc) is 3.34. The van der Waals surface area contributed by atoms with Crippen molar-refractivity contribution in [3.05, 3.63) is 108 Å². The van der Waals surface area contributed by atoms with E-state index < -0.39 is 21.3 Å². The first-order chi connectivity index (χ1) is 18.2. The summed E-state index contributed by atoms with van der Waals surface area (Å²) >= 11 is -2.58. The minimum atomic E-state index is -2.58. The number of halogens is 2. The largest absolute Gasteiger partial charge is 1.00 e. The van der Waals surface area contributed by atoms with Crippen molar-refractivity contribution in [1.82, 2.24) is 0 Å². The standard InChI is InChI=1S/C21H25.C9H10.C8H11.2ClH.Zr/c1-20(2,3)16-7-9-18-14(12-16)11-15-13-17(21(4,5)6)8-10-19(15)18;1-3-9-6-4-8(2)5-7-9;1-6-4-7(2)8(3)5-6;;;/h7-10,12H,11H2,1-6H3;4-7H,1-2H3;4,6H,1-3H3;2*1H;/q;;;;;+2/p-2. The van der Waals surface area contributed by atoms with Crippen molar-refractivity contribution in [2.75, 3.05) is 0 Å². The Kier molecular flexibility index (Phi) is 10.1. The van der Waals surface area contributed by atoms with Gasteiger partial charge in [-0.25, -0.2) is 0 Å². The maximum absolute atomic E-state index is 2.58. The molecule has 216 valence electrons. The van der Waals surface area contributed by atoms with E-state index in [0.29, 0.717) is 5.92 Å². The summed E-state index contributed by atoms with van der Waals surface area (Å²) < 4.78 is 5.18. The van der Waals surface area contributed by atoms with Gasteiger partial charge in [0.25, 0.3) is 0 Å². The van der Waals surface area contributed by atoms with E-state index in [1.165, 1.54) is 39.0 Å². The van der Waals surface area contributed by atoms with Gasteiger partial charge in [0.05, 0.1) is 0 Å². The zero-order chi connectivity index (χ0) is 28.4. The molecule has 1 atom stereocenters. The summed E-state index contributed by atoms with van der Waals surface area (Å²) in [6, 6.07) is 21.6. The van der Waals surface area contributed by atoms with E-state index in [4.69, 9.17) is 0 Å². The summed E-state index contributed by atoms with van der Waals surface area (Å²) in [6.07, 6.45) is 3.59. The fourth-order valence-electron chi connectivity index (χ4n) is 6.68. The van der Waals surface area contributed by atoms with Crippen LogP contribution < -0.4 is 28.1 Å². The summed E-state index contributed by atoms with van der Waals surface area (Å²) in [4.78, 5) is 0. The van der Waals surface area contributed by atoms with Crippen LogP contribution in [0.2, 0.25) is 0 Å². The predicted molar refractivity (Wildman–Crippen MR) is 168 cm³/mol. The van der Waals surface area contributed by atoms with Gasteiger partial charge in [-0.2, -0.15) is 0 Å². The van der Waals surface area contributed by atoms with E-state index in [2.05, 4.69) is 137 Å². The van der Waals surface area contributed by atoms with Crippen molar-refractivity contribution in [3.63, 3.8) is 0 Å². The molecular weight excluding hydrogens is 619 g/mol. The Labute approximate surface area is 269 Å². The Morgan fingerprint density at radius 1 is 0.780 bits per heavy atom. The average molecular weight is 665 g/mol. The van der Waals surface area contributed by atoms with E-state index in [1.807, 2.05) is 0 Å². The topological polar surface area (TPSA) is 0 Å². The van der Waals surface area contributed by atoms with E-state index in [1.54, 1.807) is 26.5 Å². The minimum Gasteiger partial charge on any atom is -1.00 e. The second kappa shape index (κ2) is 12.2. The quantitative estimate of drug-likeness (QED) is 0.315. The fraction of sp³-hybridized carbons (Fsp3) is 0.395. The van der Waals surface area contributed by atoms with E-state index >= 15 is 0 Å². The third kappa shape index (κ3) is 6.25. The number of aryl methyl sites for hydroxylation is 1. The zero-order valence-electron chi connectivity index (χ0n) is 26.8. The maximum atomic E-state index is 2.53. The SMILES string of the molecule is CC1=CC(C)[C](/[Zr+2](=[C](\C)c2ccc(C)cc2)[c]2c(C(C)(C)C)ccc3c2Cc2cc(C(C)(C)C)ccc2-3)=C1C.[Cl-].[Cl-]. The van der Waals surface area contributed by atoms with Crippen LogP contribution in [-0.2, 0) is 38.5 Å². The molecule has 2 aliphatic rings. The molecule has 3 aromatic rings. The Hall–Kier alpha value is -1.53. The summed E-state index contributed by atoms with van der Waals surface area (Å²) in [5.74, 6) is 0.514. The molecule has 0 aromatic heterocycles. The van der Waals surface area contributed by atoms with Crippen molar-refractivity contribution in [2.24, 2.45) is 5.92 Å². The van der Waals surface area contributed by atoms with Crippen LogP contribution in [0.5, 0.6) is 0 Å².